The fourth-order valence-corrected chi connectivity index (χ4v) is 1.09. The third-order valence-electron chi connectivity index (χ3n) is 1.40. The summed E-state index contributed by atoms with van der Waals surface area (Å²) >= 11 is 5.43. The van der Waals surface area contributed by atoms with E-state index in [4.69, 9.17) is 17.3 Å². The Morgan fingerprint density at radius 3 is 2.75 bits per heavy atom. The minimum atomic E-state index is 0.355. The highest BCUT2D eigenvalue weighted by Gasteiger charge is 1.91. The molecule has 0 saturated carbocycles. The molecular formula is C10H10ClN. The van der Waals surface area contributed by atoms with Crippen LogP contribution in [0.4, 0.5) is 5.69 Å². The first-order valence-corrected chi connectivity index (χ1v) is 4.18. The first-order valence-electron chi connectivity index (χ1n) is 3.64. The van der Waals surface area contributed by atoms with Crippen molar-refractivity contribution in [3.05, 3.63) is 29.3 Å². The molecule has 1 aromatic carbocycles. The van der Waals surface area contributed by atoms with Gasteiger partial charge in [0.05, 0.1) is 5.88 Å². The Hall–Kier alpha value is -1.13. The molecule has 2 heteroatoms. The largest absolute Gasteiger partial charge is 0.399 e. The first-order chi connectivity index (χ1) is 5.72. The van der Waals surface area contributed by atoms with E-state index in [0.29, 0.717) is 5.88 Å². The lowest BCUT2D eigenvalue weighted by molar-refractivity contribution is 1.45. The highest BCUT2D eigenvalue weighted by atomic mass is 35.5. The van der Waals surface area contributed by atoms with Gasteiger partial charge in [-0.2, -0.15) is 0 Å². The van der Waals surface area contributed by atoms with Crippen LogP contribution in [0.25, 0.3) is 0 Å². The number of anilines is 1. The maximum atomic E-state index is 5.63. The third-order valence-corrected chi connectivity index (χ3v) is 1.53. The van der Waals surface area contributed by atoms with Crippen LogP contribution in [0.5, 0.6) is 0 Å². The number of aryl methyl sites for hydroxylation is 1. The van der Waals surface area contributed by atoms with Gasteiger partial charge in [-0.25, -0.2) is 0 Å². The zero-order valence-electron chi connectivity index (χ0n) is 6.89. The lowest BCUT2D eigenvalue weighted by Crippen LogP contribution is -1.87. The van der Waals surface area contributed by atoms with Gasteiger partial charge in [-0.15, -0.1) is 11.6 Å². The number of benzene rings is 1. The van der Waals surface area contributed by atoms with E-state index in [1.165, 1.54) is 0 Å². The van der Waals surface area contributed by atoms with Crippen LogP contribution in [0.15, 0.2) is 18.2 Å². The molecule has 0 aliphatic heterocycles. The fourth-order valence-electron chi connectivity index (χ4n) is 1.02. The molecule has 1 aromatic rings. The normalized spacial score (nSPS) is 8.83. The zero-order chi connectivity index (χ0) is 8.97. The first kappa shape index (κ1) is 8.96. The van der Waals surface area contributed by atoms with Crippen LogP contribution in [-0.4, -0.2) is 5.88 Å². The van der Waals surface area contributed by atoms with Crippen LogP contribution in [0, 0.1) is 18.8 Å². The molecular weight excluding hydrogens is 170 g/mol. The Morgan fingerprint density at radius 1 is 1.42 bits per heavy atom. The van der Waals surface area contributed by atoms with E-state index in [0.717, 1.165) is 16.8 Å². The van der Waals surface area contributed by atoms with E-state index in [2.05, 4.69) is 11.8 Å². The molecule has 62 valence electrons. The SMILES string of the molecule is Cc1cc(N)cc(C#CCCl)c1. The van der Waals surface area contributed by atoms with Crippen molar-refractivity contribution in [3.8, 4) is 11.8 Å². The highest BCUT2D eigenvalue weighted by Crippen LogP contribution is 2.09. The van der Waals surface area contributed by atoms with Gasteiger partial charge < -0.3 is 5.73 Å². The summed E-state index contributed by atoms with van der Waals surface area (Å²) in [5.41, 5.74) is 8.42. The molecule has 2 N–H and O–H groups in total. The van der Waals surface area contributed by atoms with Crippen molar-refractivity contribution in [2.24, 2.45) is 0 Å². The summed E-state index contributed by atoms with van der Waals surface area (Å²) in [6, 6.07) is 5.73. The van der Waals surface area contributed by atoms with Crippen LogP contribution in [0.3, 0.4) is 0 Å². The number of halogens is 1. The van der Waals surface area contributed by atoms with Gasteiger partial charge in [0.25, 0.3) is 0 Å². The average Bonchev–Trinajstić information content (AvgIpc) is 1.99. The smallest absolute Gasteiger partial charge is 0.0839 e. The molecule has 12 heavy (non-hydrogen) atoms. The summed E-state index contributed by atoms with van der Waals surface area (Å²) in [4.78, 5) is 0. The van der Waals surface area contributed by atoms with Crippen LogP contribution in [0.1, 0.15) is 11.1 Å². The van der Waals surface area contributed by atoms with E-state index in [1.807, 2.05) is 25.1 Å². The van der Waals surface area contributed by atoms with Gasteiger partial charge in [-0.3, -0.25) is 0 Å². The van der Waals surface area contributed by atoms with Crippen molar-refractivity contribution in [3.63, 3.8) is 0 Å². The van der Waals surface area contributed by atoms with Gasteiger partial charge in [0.15, 0.2) is 0 Å². The quantitative estimate of drug-likeness (QED) is 0.369. The summed E-state index contributed by atoms with van der Waals surface area (Å²) in [6.07, 6.45) is 0. The number of alkyl halides is 1. The van der Waals surface area contributed by atoms with Crippen LogP contribution in [-0.2, 0) is 0 Å². The summed E-state index contributed by atoms with van der Waals surface area (Å²) in [5, 5.41) is 0. The van der Waals surface area contributed by atoms with E-state index < -0.39 is 0 Å². The van der Waals surface area contributed by atoms with Gasteiger partial charge in [0.2, 0.25) is 0 Å². The predicted octanol–water partition coefficient (Wildman–Crippen LogP) is 2.17. The number of rotatable bonds is 0. The molecule has 0 aliphatic rings. The average molecular weight is 180 g/mol. The second-order valence-corrected chi connectivity index (χ2v) is 2.84. The Bertz CT molecular complexity index is 313. The van der Waals surface area contributed by atoms with Gasteiger partial charge in [-0.05, 0) is 30.7 Å². The Morgan fingerprint density at radius 2 is 2.17 bits per heavy atom. The molecule has 0 fully saturated rings. The van der Waals surface area contributed by atoms with Crippen LogP contribution in [0.2, 0.25) is 0 Å². The number of nitrogen functional groups attached to an aromatic ring is 1. The standard InChI is InChI=1S/C10H10ClN/c1-8-5-9(3-2-4-11)7-10(12)6-8/h5-7H,4,12H2,1H3. The van der Waals surface area contributed by atoms with E-state index in [-0.39, 0.29) is 0 Å². The monoisotopic (exact) mass is 179 g/mol. The maximum Gasteiger partial charge on any atom is 0.0839 e. The van der Waals surface area contributed by atoms with Crippen LogP contribution < -0.4 is 5.73 Å². The topological polar surface area (TPSA) is 26.0 Å². The minimum Gasteiger partial charge on any atom is -0.399 e. The second-order valence-electron chi connectivity index (χ2n) is 2.57. The Labute approximate surface area is 77.5 Å². The molecule has 0 atom stereocenters. The fraction of sp³-hybridized carbons (Fsp3) is 0.200. The molecule has 0 radical (unpaired) electrons. The minimum absolute atomic E-state index is 0.355. The molecule has 0 spiro atoms. The molecule has 0 amide bonds. The Balaban J connectivity index is 3.01. The van der Waals surface area contributed by atoms with Gasteiger partial charge in [-0.1, -0.05) is 11.8 Å². The lowest BCUT2D eigenvalue weighted by atomic mass is 10.1. The molecule has 0 aliphatic carbocycles. The van der Waals surface area contributed by atoms with Crippen molar-refractivity contribution in [2.45, 2.75) is 6.92 Å². The van der Waals surface area contributed by atoms with Gasteiger partial charge >= 0.3 is 0 Å². The van der Waals surface area contributed by atoms with Gasteiger partial charge in [0.1, 0.15) is 0 Å². The molecule has 0 aromatic heterocycles. The summed E-state index contributed by atoms with van der Waals surface area (Å²) < 4.78 is 0. The van der Waals surface area contributed by atoms with Gasteiger partial charge in [0, 0.05) is 11.3 Å². The Kier molecular flexibility index (Phi) is 3.01. The third kappa shape index (κ3) is 2.48. The van der Waals surface area contributed by atoms with E-state index >= 15 is 0 Å². The second kappa shape index (κ2) is 4.04. The molecule has 1 nitrogen and oxygen atoms in total. The van der Waals surface area contributed by atoms with Crippen molar-refractivity contribution < 1.29 is 0 Å². The van der Waals surface area contributed by atoms with Crippen LogP contribution >= 0.6 is 11.6 Å². The zero-order valence-corrected chi connectivity index (χ0v) is 7.65. The lowest BCUT2D eigenvalue weighted by Gasteiger charge is -1.97. The van der Waals surface area contributed by atoms with Crippen molar-refractivity contribution in [1.29, 1.82) is 0 Å². The van der Waals surface area contributed by atoms with Crippen molar-refractivity contribution in [1.82, 2.24) is 0 Å². The molecule has 0 unspecified atom stereocenters. The number of hydrogen-bond donors (Lipinski definition) is 1. The molecule has 0 bridgehead atoms. The summed E-state index contributed by atoms with van der Waals surface area (Å²) in [7, 11) is 0. The van der Waals surface area contributed by atoms with E-state index in [9.17, 15) is 0 Å². The number of hydrogen-bond acceptors (Lipinski definition) is 1. The van der Waals surface area contributed by atoms with E-state index in [1.54, 1.807) is 0 Å². The summed E-state index contributed by atoms with van der Waals surface area (Å²) in [6.45, 7) is 1.99. The number of nitrogens with two attached hydrogens (primary N) is 1. The highest BCUT2D eigenvalue weighted by molar-refractivity contribution is 6.19. The van der Waals surface area contributed by atoms with Crippen molar-refractivity contribution >= 4 is 17.3 Å². The molecule has 1 rings (SSSR count). The molecule has 0 heterocycles. The maximum absolute atomic E-state index is 5.63. The summed E-state index contributed by atoms with van der Waals surface area (Å²) in [5.74, 6) is 6.05. The predicted molar refractivity (Wildman–Crippen MR) is 53.2 cm³/mol. The van der Waals surface area contributed by atoms with Crippen molar-refractivity contribution in [2.75, 3.05) is 11.6 Å². The molecule has 0 saturated heterocycles.